The molecule has 3 atom stereocenters. The number of hydrazine groups is 1. The van der Waals surface area contributed by atoms with Crippen LogP contribution in [0, 0.1) is 11.7 Å². The Labute approximate surface area is 311 Å². The molecule has 1 saturated carbocycles. The minimum atomic E-state index is -1.40. The summed E-state index contributed by atoms with van der Waals surface area (Å²) in [6.45, 7) is 1.21. The summed E-state index contributed by atoms with van der Waals surface area (Å²) in [6.07, 6.45) is 3.97. The number of halogens is 1. The number of hydrogen-bond acceptors (Lipinski definition) is 11. The molecule has 2 aliphatic heterocycles. The number of para-hydroxylation sites is 1. The molecule has 286 valence electrons. The average Bonchev–Trinajstić information content (AvgIpc) is 3.94. The molecular formula is C39H44FN5O9. The average molecular weight is 746 g/mol. The van der Waals surface area contributed by atoms with Crippen molar-refractivity contribution in [1.29, 1.82) is 0 Å². The monoisotopic (exact) mass is 745 g/mol. The van der Waals surface area contributed by atoms with Crippen molar-refractivity contribution in [2.24, 2.45) is 5.92 Å². The number of anilines is 1. The Morgan fingerprint density at radius 3 is 2.28 bits per heavy atom. The number of benzene rings is 3. The zero-order valence-electron chi connectivity index (χ0n) is 30.6. The maximum absolute atomic E-state index is 16.9. The first-order chi connectivity index (χ1) is 26.2. The van der Waals surface area contributed by atoms with E-state index in [9.17, 15) is 19.5 Å². The van der Waals surface area contributed by atoms with Gasteiger partial charge in [0.05, 0.1) is 39.3 Å². The number of ether oxygens (including phenoxy) is 5. The number of nitrogens with zero attached hydrogens (tertiary/aromatic N) is 3. The number of carboxylic acids is 1. The molecule has 1 amide bonds. The highest BCUT2D eigenvalue weighted by Crippen LogP contribution is 2.46. The number of carbonyl (C=O) groups is 2. The van der Waals surface area contributed by atoms with Crippen LogP contribution in [-0.4, -0.2) is 87.2 Å². The standard InChI is InChI=1S/C39H44FN5O9/c1-50-29-17-27-33(36(47)26(39(48)49)19-45(27)24-12-13-24)34(40)35(29)43-18-22-9-8-14-44(28(22)20-43)38(23-15-30(51-2)37(53-4)31(16-23)52-3)42-41-32(46)21-54-25-10-6-5-7-11-25/h5-7,10-11,15-17,19,22,24,28,38,42H,8-9,12-14,18,20-21H2,1-4H3,(H,41,46)(H,48,49). The molecule has 7 rings (SSSR count). The van der Waals surface area contributed by atoms with Gasteiger partial charge in [-0.05, 0) is 61.4 Å². The van der Waals surface area contributed by atoms with E-state index in [0.29, 0.717) is 53.7 Å². The Morgan fingerprint density at radius 1 is 0.944 bits per heavy atom. The molecule has 4 aromatic rings. The van der Waals surface area contributed by atoms with Gasteiger partial charge in [-0.15, -0.1) is 0 Å². The second-order valence-corrected chi connectivity index (χ2v) is 13.7. The number of amides is 1. The molecule has 3 N–H and O–H groups in total. The number of carbonyl (C=O) groups excluding carboxylic acids is 1. The molecule has 15 heteroatoms. The lowest BCUT2D eigenvalue weighted by atomic mass is 9.91. The molecule has 0 bridgehead atoms. The first kappa shape index (κ1) is 36.8. The summed E-state index contributed by atoms with van der Waals surface area (Å²) >= 11 is 0. The molecule has 1 aliphatic carbocycles. The van der Waals surface area contributed by atoms with E-state index in [1.807, 2.05) is 35.2 Å². The van der Waals surface area contributed by atoms with E-state index in [2.05, 4.69) is 15.8 Å². The van der Waals surface area contributed by atoms with E-state index in [1.165, 1.54) is 34.6 Å². The summed E-state index contributed by atoms with van der Waals surface area (Å²) in [5, 5.41) is 9.59. The summed E-state index contributed by atoms with van der Waals surface area (Å²) < 4.78 is 47.0. The molecule has 54 heavy (non-hydrogen) atoms. The molecular weight excluding hydrogens is 701 g/mol. The summed E-state index contributed by atoms with van der Waals surface area (Å²) in [5.41, 5.74) is 5.84. The molecule has 3 aliphatic rings. The second kappa shape index (κ2) is 15.4. The number of aromatic nitrogens is 1. The van der Waals surface area contributed by atoms with Crippen molar-refractivity contribution in [2.75, 3.05) is 59.6 Å². The normalized spacial score (nSPS) is 18.9. The van der Waals surface area contributed by atoms with Crippen LogP contribution < -0.4 is 44.9 Å². The Bertz CT molecular complexity index is 2080. The van der Waals surface area contributed by atoms with Gasteiger partial charge in [0.15, 0.2) is 23.9 Å². The minimum absolute atomic E-state index is 0.0191. The van der Waals surface area contributed by atoms with Gasteiger partial charge in [-0.3, -0.25) is 19.9 Å². The van der Waals surface area contributed by atoms with Crippen LogP contribution in [0.15, 0.2) is 59.5 Å². The van der Waals surface area contributed by atoms with E-state index in [4.69, 9.17) is 23.7 Å². The molecule has 3 heterocycles. The molecule has 0 spiro atoms. The number of hydrogen-bond donors (Lipinski definition) is 3. The fourth-order valence-electron chi connectivity index (χ4n) is 7.87. The van der Waals surface area contributed by atoms with Crippen LogP contribution in [0.3, 0.4) is 0 Å². The van der Waals surface area contributed by atoms with Gasteiger partial charge in [0.2, 0.25) is 11.2 Å². The van der Waals surface area contributed by atoms with Crippen molar-refractivity contribution >= 4 is 28.5 Å². The third-order valence-electron chi connectivity index (χ3n) is 10.5. The van der Waals surface area contributed by atoms with E-state index in [1.54, 1.807) is 22.8 Å². The second-order valence-electron chi connectivity index (χ2n) is 13.7. The molecule has 3 fully saturated rings. The molecule has 14 nitrogen and oxygen atoms in total. The number of rotatable bonds is 14. The first-order valence-electron chi connectivity index (χ1n) is 17.9. The van der Waals surface area contributed by atoms with E-state index >= 15 is 4.39 Å². The third-order valence-corrected chi connectivity index (χ3v) is 10.5. The van der Waals surface area contributed by atoms with Crippen LogP contribution in [-0.2, 0) is 4.79 Å². The Hall–Kier alpha value is -5.54. The zero-order valence-corrected chi connectivity index (χ0v) is 30.6. The van der Waals surface area contributed by atoms with Crippen LogP contribution in [0.25, 0.3) is 10.9 Å². The predicted molar refractivity (Wildman–Crippen MR) is 197 cm³/mol. The highest BCUT2D eigenvalue weighted by Gasteiger charge is 2.44. The van der Waals surface area contributed by atoms with Gasteiger partial charge >= 0.3 is 5.97 Å². The predicted octanol–water partition coefficient (Wildman–Crippen LogP) is 4.51. The minimum Gasteiger partial charge on any atom is -0.494 e. The smallest absolute Gasteiger partial charge is 0.341 e. The first-order valence-corrected chi connectivity index (χ1v) is 17.9. The van der Waals surface area contributed by atoms with E-state index in [-0.39, 0.29) is 41.4 Å². The van der Waals surface area contributed by atoms with Gasteiger partial charge in [-0.1, -0.05) is 18.2 Å². The number of methoxy groups -OCH3 is 4. The van der Waals surface area contributed by atoms with Crippen molar-refractivity contribution in [3.05, 3.63) is 81.9 Å². The van der Waals surface area contributed by atoms with Crippen LogP contribution in [0.2, 0.25) is 0 Å². The third kappa shape index (κ3) is 6.96. The van der Waals surface area contributed by atoms with Crippen molar-refractivity contribution in [3.8, 4) is 28.7 Å². The summed E-state index contributed by atoms with van der Waals surface area (Å²) in [5.74, 6) is -0.458. The number of nitrogens with one attached hydrogen (secondary N) is 2. The van der Waals surface area contributed by atoms with Crippen LogP contribution in [0.5, 0.6) is 28.7 Å². The Kier molecular flexibility index (Phi) is 10.5. The summed E-state index contributed by atoms with van der Waals surface area (Å²) in [7, 11) is 6.04. The molecule has 2 saturated heterocycles. The van der Waals surface area contributed by atoms with Gasteiger partial charge in [0.1, 0.15) is 28.9 Å². The van der Waals surface area contributed by atoms with Gasteiger partial charge in [0.25, 0.3) is 5.91 Å². The SMILES string of the molecule is COc1cc(C(NNC(=O)COc2ccccc2)N2CCCC3CN(c4c(OC)cc5c(c4F)c(=O)c(C(=O)O)cn5C4CC4)CC32)cc(OC)c1OC. The lowest BCUT2D eigenvalue weighted by molar-refractivity contribution is -0.125. The van der Waals surface area contributed by atoms with Gasteiger partial charge in [-0.25, -0.2) is 14.6 Å². The number of aromatic carboxylic acids is 1. The molecule has 0 radical (unpaired) electrons. The number of piperidine rings is 1. The van der Waals surface area contributed by atoms with Crippen LogP contribution in [0.1, 0.15) is 53.8 Å². The topological polar surface area (TPSA) is 153 Å². The number of likely N-dealkylation sites (tertiary alicyclic amines) is 1. The Balaban J connectivity index is 1.24. The zero-order chi connectivity index (χ0) is 38.1. The Morgan fingerprint density at radius 2 is 1.65 bits per heavy atom. The summed E-state index contributed by atoms with van der Waals surface area (Å²) in [6, 6.07) is 14.1. The van der Waals surface area contributed by atoms with Crippen molar-refractivity contribution in [2.45, 2.75) is 43.9 Å². The number of fused-ring (bicyclic) bond motifs is 2. The van der Waals surface area contributed by atoms with Crippen molar-refractivity contribution in [1.82, 2.24) is 20.3 Å². The van der Waals surface area contributed by atoms with Crippen LogP contribution >= 0.6 is 0 Å². The molecule has 3 aromatic carbocycles. The van der Waals surface area contributed by atoms with Crippen molar-refractivity contribution in [3.63, 3.8) is 0 Å². The quantitative estimate of drug-likeness (QED) is 0.156. The van der Waals surface area contributed by atoms with Gasteiger partial charge < -0.3 is 38.3 Å². The largest absolute Gasteiger partial charge is 0.494 e. The lowest BCUT2D eigenvalue weighted by Crippen LogP contribution is -2.55. The molecule has 1 aromatic heterocycles. The van der Waals surface area contributed by atoms with Crippen LogP contribution in [0.4, 0.5) is 10.1 Å². The fraction of sp³-hybridized carbons (Fsp3) is 0.410. The van der Waals surface area contributed by atoms with Gasteiger partial charge in [-0.2, -0.15) is 0 Å². The number of carboxylic acid groups (broad SMARTS) is 1. The van der Waals surface area contributed by atoms with Crippen molar-refractivity contribution < 1.29 is 42.8 Å². The highest BCUT2D eigenvalue weighted by atomic mass is 19.1. The fourth-order valence-corrected chi connectivity index (χ4v) is 7.87. The maximum atomic E-state index is 16.9. The van der Waals surface area contributed by atoms with E-state index in [0.717, 1.165) is 25.7 Å². The van der Waals surface area contributed by atoms with Gasteiger partial charge in [0, 0.05) is 44.0 Å². The number of pyridine rings is 1. The maximum Gasteiger partial charge on any atom is 0.341 e. The molecule has 3 unspecified atom stereocenters. The lowest BCUT2D eigenvalue weighted by Gasteiger charge is -2.42. The highest BCUT2D eigenvalue weighted by molar-refractivity contribution is 5.95. The summed E-state index contributed by atoms with van der Waals surface area (Å²) in [4.78, 5) is 42.8. The van der Waals surface area contributed by atoms with E-state index < -0.39 is 34.9 Å².